The van der Waals surface area contributed by atoms with Gasteiger partial charge < -0.3 is 19.8 Å². The quantitative estimate of drug-likeness (QED) is 0.516. The highest BCUT2D eigenvalue weighted by Crippen LogP contribution is 2.24. The summed E-state index contributed by atoms with van der Waals surface area (Å²) in [6.45, 7) is 8.48. The van der Waals surface area contributed by atoms with Crippen molar-refractivity contribution in [3.05, 3.63) is 57.4 Å². The minimum atomic E-state index is -0.469. The summed E-state index contributed by atoms with van der Waals surface area (Å²) in [4.78, 5) is 28.0. The van der Waals surface area contributed by atoms with Gasteiger partial charge in [-0.05, 0) is 37.1 Å². The number of benzene rings is 1. The molecular weight excluding hydrogens is 380 g/mol. The average molecular weight is 407 g/mol. The van der Waals surface area contributed by atoms with E-state index >= 15 is 0 Å². The highest BCUT2D eigenvalue weighted by Gasteiger charge is 2.25. The summed E-state index contributed by atoms with van der Waals surface area (Å²) in [5.41, 5.74) is 2.71. The summed E-state index contributed by atoms with van der Waals surface area (Å²) in [7, 11) is 1.54. The standard InChI is InChI=1S/C21H27ClN2O4/c1-13-17(20(26)28-11-10-27-5)14(2)24-18(13)19(25)23-12-21(3,4)15-6-8-16(22)9-7-15/h6-9,24H,10-12H2,1-5H3,(H,23,25). The van der Waals surface area contributed by atoms with E-state index in [1.54, 1.807) is 13.8 Å². The zero-order valence-corrected chi connectivity index (χ0v) is 17.7. The molecule has 0 saturated carbocycles. The Bertz CT molecular complexity index is 841. The largest absolute Gasteiger partial charge is 0.460 e. The van der Waals surface area contributed by atoms with E-state index in [9.17, 15) is 9.59 Å². The zero-order valence-electron chi connectivity index (χ0n) is 16.9. The van der Waals surface area contributed by atoms with Gasteiger partial charge in [0, 0.05) is 29.8 Å². The molecule has 0 radical (unpaired) electrons. The van der Waals surface area contributed by atoms with Crippen LogP contribution < -0.4 is 5.32 Å². The van der Waals surface area contributed by atoms with Crippen molar-refractivity contribution >= 4 is 23.5 Å². The number of amides is 1. The highest BCUT2D eigenvalue weighted by molar-refractivity contribution is 6.30. The Morgan fingerprint density at radius 2 is 1.79 bits per heavy atom. The van der Waals surface area contributed by atoms with Crippen LogP contribution in [0, 0.1) is 13.8 Å². The number of aryl methyl sites for hydroxylation is 1. The van der Waals surface area contributed by atoms with Gasteiger partial charge in [-0.1, -0.05) is 37.6 Å². The first-order valence-corrected chi connectivity index (χ1v) is 9.44. The Hall–Kier alpha value is -2.31. The van der Waals surface area contributed by atoms with Crippen LogP contribution in [0.4, 0.5) is 0 Å². The number of ether oxygens (including phenoxy) is 2. The maximum absolute atomic E-state index is 12.7. The molecule has 0 fully saturated rings. The number of carbonyl (C=O) groups is 2. The molecular formula is C21H27ClN2O4. The molecule has 6 nitrogen and oxygen atoms in total. The van der Waals surface area contributed by atoms with Crippen LogP contribution in [0.25, 0.3) is 0 Å². The molecule has 0 atom stereocenters. The van der Waals surface area contributed by atoms with Crippen LogP contribution in [0.2, 0.25) is 5.02 Å². The normalized spacial score (nSPS) is 11.4. The summed E-state index contributed by atoms with van der Waals surface area (Å²) in [6, 6.07) is 7.57. The first-order valence-electron chi connectivity index (χ1n) is 9.07. The van der Waals surface area contributed by atoms with Crippen molar-refractivity contribution in [3.63, 3.8) is 0 Å². The maximum Gasteiger partial charge on any atom is 0.340 e. The van der Waals surface area contributed by atoms with Crippen molar-refractivity contribution in [2.24, 2.45) is 0 Å². The number of esters is 1. The number of aromatic nitrogens is 1. The third-order valence-electron chi connectivity index (χ3n) is 4.71. The van der Waals surface area contributed by atoms with Gasteiger partial charge in [0.2, 0.25) is 0 Å². The molecule has 152 valence electrons. The minimum absolute atomic E-state index is 0.163. The predicted octanol–water partition coefficient (Wildman–Crippen LogP) is 3.80. The summed E-state index contributed by atoms with van der Waals surface area (Å²) < 4.78 is 10.1. The third-order valence-corrected chi connectivity index (χ3v) is 4.96. The molecule has 0 saturated heterocycles. The van der Waals surface area contributed by atoms with Crippen LogP contribution in [-0.4, -0.2) is 43.7 Å². The summed E-state index contributed by atoms with van der Waals surface area (Å²) in [6.07, 6.45) is 0. The van der Waals surface area contributed by atoms with Crippen molar-refractivity contribution in [1.82, 2.24) is 10.3 Å². The lowest BCUT2D eigenvalue weighted by atomic mass is 9.84. The number of H-pyrrole nitrogens is 1. The van der Waals surface area contributed by atoms with Crippen molar-refractivity contribution in [2.45, 2.75) is 33.1 Å². The fraction of sp³-hybridized carbons (Fsp3) is 0.429. The third kappa shape index (κ3) is 5.14. The second-order valence-corrected chi connectivity index (χ2v) is 7.76. The second-order valence-electron chi connectivity index (χ2n) is 7.33. The first-order chi connectivity index (χ1) is 13.2. The number of hydrogen-bond acceptors (Lipinski definition) is 4. The van der Waals surface area contributed by atoms with Crippen molar-refractivity contribution in [3.8, 4) is 0 Å². The van der Waals surface area contributed by atoms with Crippen LogP contribution in [0.5, 0.6) is 0 Å². The summed E-state index contributed by atoms with van der Waals surface area (Å²) >= 11 is 5.95. The van der Waals surface area contributed by atoms with Gasteiger partial charge in [-0.2, -0.15) is 0 Å². The lowest BCUT2D eigenvalue weighted by Gasteiger charge is -2.25. The SMILES string of the molecule is COCCOC(=O)c1c(C)[nH]c(C(=O)NCC(C)(C)c2ccc(Cl)cc2)c1C. The Balaban J connectivity index is 2.09. The molecule has 1 aromatic carbocycles. The number of hydrogen-bond donors (Lipinski definition) is 2. The topological polar surface area (TPSA) is 80.4 Å². The molecule has 1 aromatic heterocycles. The van der Waals surface area contributed by atoms with Gasteiger partial charge in [-0.15, -0.1) is 0 Å². The van der Waals surface area contributed by atoms with Crippen LogP contribution in [0.3, 0.4) is 0 Å². The van der Waals surface area contributed by atoms with E-state index in [4.69, 9.17) is 21.1 Å². The van der Waals surface area contributed by atoms with E-state index in [0.29, 0.717) is 40.7 Å². The molecule has 28 heavy (non-hydrogen) atoms. The van der Waals surface area contributed by atoms with E-state index < -0.39 is 5.97 Å². The Morgan fingerprint density at radius 1 is 1.14 bits per heavy atom. The molecule has 0 aliphatic rings. The van der Waals surface area contributed by atoms with Gasteiger partial charge in [-0.3, -0.25) is 4.79 Å². The average Bonchev–Trinajstić information content (AvgIpc) is 2.94. The van der Waals surface area contributed by atoms with Crippen LogP contribution in [0.15, 0.2) is 24.3 Å². The maximum atomic E-state index is 12.7. The lowest BCUT2D eigenvalue weighted by Crippen LogP contribution is -2.37. The fourth-order valence-electron chi connectivity index (χ4n) is 2.97. The van der Waals surface area contributed by atoms with Crippen LogP contribution >= 0.6 is 11.6 Å². The van der Waals surface area contributed by atoms with Gasteiger partial charge >= 0.3 is 5.97 Å². The van der Waals surface area contributed by atoms with Crippen LogP contribution in [-0.2, 0) is 14.9 Å². The van der Waals surface area contributed by atoms with Gasteiger partial charge in [-0.25, -0.2) is 4.79 Å². The molecule has 7 heteroatoms. The Morgan fingerprint density at radius 3 is 2.39 bits per heavy atom. The van der Waals surface area contributed by atoms with Crippen LogP contribution in [0.1, 0.15) is 51.5 Å². The minimum Gasteiger partial charge on any atom is -0.460 e. The number of nitrogens with one attached hydrogen (secondary N) is 2. The molecule has 0 bridgehead atoms. The molecule has 2 aromatic rings. The lowest BCUT2D eigenvalue weighted by molar-refractivity contribution is 0.0387. The second kappa shape index (κ2) is 9.26. The molecule has 1 heterocycles. The number of carbonyl (C=O) groups excluding carboxylic acids is 2. The molecule has 2 rings (SSSR count). The zero-order chi connectivity index (χ0) is 20.9. The Kier molecular flexibility index (Phi) is 7.27. The first kappa shape index (κ1) is 22.0. The molecule has 0 spiro atoms. The van der Waals surface area contributed by atoms with Gasteiger partial charge in [0.15, 0.2) is 0 Å². The highest BCUT2D eigenvalue weighted by atomic mass is 35.5. The number of aromatic amines is 1. The van der Waals surface area contributed by atoms with Gasteiger partial charge in [0.1, 0.15) is 12.3 Å². The van der Waals surface area contributed by atoms with E-state index in [-0.39, 0.29) is 17.9 Å². The smallest absolute Gasteiger partial charge is 0.340 e. The van der Waals surface area contributed by atoms with Crippen molar-refractivity contribution < 1.29 is 19.1 Å². The molecule has 0 unspecified atom stereocenters. The van der Waals surface area contributed by atoms with E-state index in [2.05, 4.69) is 10.3 Å². The monoisotopic (exact) mass is 406 g/mol. The number of methoxy groups -OCH3 is 1. The number of rotatable bonds is 8. The summed E-state index contributed by atoms with van der Waals surface area (Å²) in [5.74, 6) is -0.734. The van der Waals surface area contributed by atoms with Crippen molar-refractivity contribution in [1.29, 1.82) is 0 Å². The molecule has 2 N–H and O–H groups in total. The summed E-state index contributed by atoms with van der Waals surface area (Å²) in [5, 5.41) is 3.62. The van der Waals surface area contributed by atoms with E-state index in [1.807, 2.05) is 38.1 Å². The van der Waals surface area contributed by atoms with Gasteiger partial charge in [0.05, 0.1) is 12.2 Å². The fourth-order valence-corrected chi connectivity index (χ4v) is 3.09. The molecule has 1 amide bonds. The van der Waals surface area contributed by atoms with E-state index in [0.717, 1.165) is 5.56 Å². The molecule has 0 aliphatic carbocycles. The van der Waals surface area contributed by atoms with E-state index in [1.165, 1.54) is 7.11 Å². The Labute approximate surface area is 170 Å². The number of halogens is 1. The predicted molar refractivity (Wildman–Crippen MR) is 109 cm³/mol. The molecule has 0 aliphatic heterocycles. The van der Waals surface area contributed by atoms with Crippen molar-refractivity contribution in [2.75, 3.05) is 26.9 Å². The van der Waals surface area contributed by atoms with Gasteiger partial charge in [0.25, 0.3) is 5.91 Å².